The topological polar surface area (TPSA) is 210 Å². The first-order valence-corrected chi connectivity index (χ1v) is 10.6. The van der Waals surface area contributed by atoms with Crippen LogP contribution in [0.5, 0.6) is 17.2 Å². The molecule has 0 radical (unpaired) electrons. The molecule has 0 aliphatic heterocycles. The molecule has 0 amide bonds. The molecule has 3 aromatic rings. The van der Waals surface area contributed by atoms with Crippen LogP contribution in [0.25, 0.3) is 0 Å². The first-order valence-electron chi connectivity index (χ1n) is 10.6. The minimum atomic E-state index is -1.82. The number of carboxylic acid groups (broad SMARTS) is 2. The predicted molar refractivity (Wildman–Crippen MR) is 122 cm³/mol. The molecule has 0 aliphatic rings. The van der Waals surface area contributed by atoms with Crippen LogP contribution in [0.1, 0.15) is 35.5 Å². The number of aliphatic hydroxyl groups is 1. The maximum absolute atomic E-state index is 11.2. The number of hydrogen-bond donors (Lipinski definition) is 6. The van der Waals surface area contributed by atoms with Gasteiger partial charge in [-0.25, -0.2) is 9.59 Å². The van der Waals surface area contributed by atoms with Crippen LogP contribution >= 0.6 is 0 Å². The highest BCUT2D eigenvalue weighted by molar-refractivity contribution is 6.27. The second-order valence-corrected chi connectivity index (χ2v) is 7.82. The lowest BCUT2D eigenvalue weighted by Crippen LogP contribution is -2.32. The monoisotopic (exact) mass is 505 g/mol. The molecular formula is C23H27N3O10. The molecule has 0 spiro atoms. The van der Waals surface area contributed by atoms with E-state index >= 15 is 0 Å². The highest BCUT2D eigenvalue weighted by atomic mass is 16.8. The zero-order chi connectivity index (χ0) is 26.8. The third-order valence-corrected chi connectivity index (χ3v) is 4.91. The second kappa shape index (κ2) is 12.9. The highest BCUT2D eigenvalue weighted by Crippen LogP contribution is 2.24. The summed E-state index contributed by atoms with van der Waals surface area (Å²) in [5.41, 5.74) is 2.35. The Kier molecular flexibility index (Phi) is 10.0. The summed E-state index contributed by atoms with van der Waals surface area (Å²) in [6, 6.07) is 11.7. The zero-order valence-electron chi connectivity index (χ0n) is 19.5. The molecule has 194 valence electrons. The van der Waals surface area contributed by atoms with Crippen LogP contribution in [-0.2, 0) is 22.6 Å². The molecule has 0 saturated carbocycles. The molecule has 36 heavy (non-hydrogen) atoms. The first kappa shape index (κ1) is 27.9. The first-order chi connectivity index (χ1) is 17.0. The van der Waals surface area contributed by atoms with Crippen LogP contribution < -0.4 is 15.0 Å². The van der Waals surface area contributed by atoms with Gasteiger partial charge in [-0.15, -0.1) is 0 Å². The van der Waals surface area contributed by atoms with E-state index in [2.05, 4.69) is 15.1 Å². The highest BCUT2D eigenvalue weighted by Gasteiger charge is 2.15. The van der Waals surface area contributed by atoms with Gasteiger partial charge in [-0.1, -0.05) is 12.1 Å². The van der Waals surface area contributed by atoms with Crippen LogP contribution in [0.3, 0.4) is 0 Å². The van der Waals surface area contributed by atoms with Gasteiger partial charge in [0.25, 0.3) is 5.69 Å². The second-order valence-electron chi connectivity index (χ2n) is 7.82. The normalized spacial score (nSPS) is 12.2. The van der Waals surface area contributed by atoms with Crippen molar-refractivity contribution in [3.8, 4) is 17.2 Å². The van der Waals surface area contributed by atoms with E-state index in [4.69, 9.17) is 24.5 Å². The minimum absolute atomic E-state index is 0.0857. The zero-order valence-corrected chi connectivity index (χ0v) is 19.5. The van der Waals surface area contributed by atoms with Crippen molar-refractivity contribution in [1.82, 2.24) is 10.5 Å². The number of nitrogens with one attached hydrogen (secondary N) is 1. The average Bonchev–Trinajstić information content (AvgIpc) is 3.14. The molecule has 1 aromatic heterocycles. The largest absolute Gasteiger partial charge is 0.508 e. The number of benzene rings is 2. The molecule has 1 heterocycles. The molecule has 3 rings (SSSR count). The Balaban J connectivity index is 0.000000678. The fraction of sp³-hybridized carbons (Fsp3) is 0.304. The van der Waals surface area contributed by atoms with Gasteiger partial charge in [0.2, 0.25) is 0 Å². The van der Waals surface area contributed by atoms with Gasteiger partial charge in [0.15, 0.2) is 12.3 Å². The summed E-state index contributed by atoms with van der Waals surface area (Å²) in [5, 5.41) is 62.2. The number of carboxylic acids is 2. The molecule has 13 heteroatoms. The Labute approximate surface area is 205 Å². The summed E-state index contributed by atoms with van der Waals surface area (Å²) in [5.74, 6) is -3.18. The van der Waals surface area contributed by atoms with E-state index < -0.39 is 18.0 Å². The van der Waals surface area contributed by atoms with Crippen molar-refractivity contribution in [1.29, 1.82) is 0 Å². The van der Waals surface area contributed by atoms with Crippen molar-refractivity contribution in [2.75, 3.05) is 6.54 Å². The predicted octanol–water partition coefficient (Wildman–Crippen LogP) is 1.02. The molecule has 0 bridgehead atoms. The van der Waals surface area contributed by atoms with Crippen LogP contribution in [0.15, 0.2) is 47.1 Å². The third kappa shape index (κ3) is 8.77. The summed E-state index contributed by atoms with van der Waals surface area (Å²) >= 11 is 0. The quantitative estimate of drug-likeness (QED) is 0.178. The number of phenolic OH excluding ortho intramolecular Hbond substituents is 2. The summed E-state index contributed by atoms with van der Waals surface area (Å²) < 4.78 is 10.1. The van der Waals surface area contributed by atoms with Crippen molar-refractivity contribution in [3.63, 3.8) is 0 Å². The smallest absolute Gasteiger partial charge is 0.414 e. The number of ether oxygens (including phenoxy) is 1. The molecule has 2 aromatic carbocycles. The Bertz CT molecular complexity index is 1130. The number of rotatable bonds is 9. The number of nitrogens with zero attached hydrogens (tertiary/aromatic N) is 2. The van der Waals surface area contributed by atoms with Crippen LogP contribution in [0.4, 0.5) is 0 Å². The van der Waals surface area contributed by atoms with Crippen molar-refractivity contribution in [2.24, 2.45) is 0 Å². The number of aromatic hydroxyl groups is 2. The summed E-state index contributed by atoms with van der Waals surface area (Å²) in [6.45, 7) is 4.04. The number of hydrogen-bond acceptors (Lipinski definition) is 10. The van der Waals surface area contributed by atoms with Crippen molar-refractivity contribution < 1.29 is 49.4 Å². The third-order valence-electron chi connectivity index (χ3n) is 4.91. The number of aliphatic carboxylic acids is 2. The summed E-state index contributed by atoms with van der Waals surface area (Å²) in [6.07, 6.45) is -0.120. The number of carbonyl (C=O) groups is 2. The maximum Gasteiger partial charge on any atom is 0.414 e. The SMILES string of the molecule is Cc1c(COc2ccc(C[C@@H](C)NC[C@H](O)c3cc(O)cc(O)c3)cc2)no[n+]1[O-].O=C(O)C(=O)O. The Morgan fingerprint density at radius 3 is 2.19 bits per heavy atom. The van der Waals surface area contributed by atoms with Crippen LogP contribution in [0, 0.1) is 12.1 Å². The van der Waals surface area contributed by atoms with Gasteiger partial charge in [0.1, 0.15) is 17.2 Å². The van der Waals surface area contributed by atoms with E-state index in [9.17, 15) is 20.5 Å². The molecule has 2 atom stereocenters. The average molecular weight is 505 g/mol. The molecule has 13 nitrogen and oxygen atoms in total. The van der Waals surface area contributed by atoms with E-state index in [0.717, 1.165) is 12.0 Å². The van der Waals surface area contributed by atoms with E-state index in [1.807, 2.05) is 31.2 Å². The van der Waals surface area contributed by atoms with Crippen LogP contribution in [-0.4, -0.2) is 55.2 Å². The lowest BCUT2D eigenvalue weighted by molar-refractivity contribution is -0.806. The lowest BCUT2D eigenvalue weighted by atomic mass is 10.1. The van der Waals surface area contributed by atoms with E-state index in [0.29, 0.717) is 27.6 Å². The summed E-state index contributed by atoms with van der Waals surface area (Å²) in [4.78, 5) is 18.5. The van der Waals surface area contributed by atoms with Crippen LogP contribution in [0.2, 0.25) is 0 Å². The minimum Gasteiger partial charge on any atom is -0.508 e. The van der Waals surface area contributed by atoms with Gasteiger partial charge in [0, 0.05) is 30.7 Å². The van der Waals surface area contributed by atoms with Crippen molar-refractivity contribution in [3.05, 3.63) is 70.2 Å². The maximum atomic E-state index is 11.2. The Morgan fingerprint density at radius 1 is 1.11 bits per heavy atom. The molecule has 6 N–H and O–H groups in total. The van der Waals surface area contributed by atoms with Gasteiger partial charge in [-0.05, 0) is 53.6 Å². The van der Waals surface area contributed by atoms with Gasteiger partial charge >= 0.3 is 11.9 Å². The van der Waals surface area contributed by atoms with Gasteiger partial charge in [-0.3, -0.25) is 4.63 Å². The molecule has 0 aliphatic carbocycles. The standard InChI is InChI=1S/C21H25N3O6.C2H2O4/c1-13(22-11-21(27)16-8-17(25)10-18(26)9-16)7-15-3-5-19(6-4-15)29-12-20-14(2)24(28)30-23-20;3-1(4)2(5)6/h3-6,8-10,13,21-22,25-27H,7,11-12H2,1-2H3;(H,3,4)(H,5,6)/t13-,21+;/m1./s1. The molecular weight excluding hydrogens is 478 g/mol. The fourth-order valence-electron chi connectivity index (χ4n) is 2.99. The van der Waals surface area contributed by atoms with Gasteiger partial charge in [0.05, 0.1) is 6.10 Å². The molecule has 0 saturated heterocycles. The van der Waals surface area contributed by atoms with E-state index in [1.165, 1.54) is 18.2 Å². The van der Waals surface area contributed by atoms with Gasteiger partial charge < -0.3 is 40.8 Å². The van der Waals surface area contributed by atoms with E-state index in [-0.39, 0.29) is 30.7 Å². The Morgan fingerprint density at radius 2 is 1.69 bits per heavy atom. The summed E-state index contributed by atoms with van der Waals surface area (Å²) in [7, 11) is 0. The Hall–Kier alpha value is -4.36. The number of aliphatic hydroxyl groups excluding tert-OH is 1. The van der Waals surface area contributed by atoms with Crippen molar-refractivity contribution >= 4 is 11.9 Å². The van der Waals surface area contributed by atoms with Crippen molar-refractivity contribution in [2.45, 2.75) is 39.0 Å². The lowest BCUT2D eigenvalue weighted by Gasteiger charge is -2.18. The van der Waals surface area contributed by atoms with Gasteiger partial charge in [-0.2, -0.15) is 0 Å². The van der Waals surface area contributed by atoms with E-state index in [1.54, 1.807) is 6.92 Å². The fourth-order valence-corrected chi connectivity index (χ4v) is 2.99. The molecule has 0 unspecified atom stereocenters. The number of aromatic nitrogens is 2. The molecule has 0 fully saturated rings. The number of phenols is 2.